The first-order valence-corrected chi connectivity index (χ1v) is 11.1. The van der Waals surface area contributed by atoms with E-state index in [1.165, 1.54) is 6.07 Å². The van der Waals surface area contributed by atoms with Gasteiger partial charge in [-0.3, -0.25) is 10.3 Å². The summed E-state index contributed by atoms with van der Waals surface area (Å²) in [7, 11) is 0. The van der Waals surface area contributed by atoms with Gasteiger partial charge in [0.25, 0.3) is 0 Å². The minimum Gasteiger partial charge on any atom is -0.446 e. The zero-order chi connectivity index (χ0) is 22.3. The van der Waals surface area contributed by atoms with Crippen molar-refractivity contribution in [2.75, 3.05) is 18.4 Å². The van der Waals surface area contributed by atoms with Crippen molar-refractivity contribution in [3.05, 3.63) is 53.7 Å². The summed E-state index contributed by atoms with van der Waals surface area (Å²) in [6.45, 7) is 5.94. The van der Waals surface area contributed by atoms with Gasteiger partial charge in [-0.2, -0.15) is 0 Å². The van der Waals surface area contributed by atoms with Crippen LogP contribution < -0.4 is 10.6 Å². The lowest BCUT2D eigenvalue weighted by atomic mass is 9.62. The molecule has 32 heavy (non-hydrogen) atoms. The van der Waals surface area contributed by atoms with Crippen LogP contribution in [0.2, 0.25) is 0 Å². The van der Waals surface area contributed by atoms with Crippen LogP contribution in [-0.4, -0.2) is 35.3 Å². The molecule has 7 heteroatoms. The molecule has 3 heterocycles. The molecule has 1 amide bonds. The number of anilines is 1. The van der Waals surface area contributed by atoms with Crippen molar-refractivity contribution >= 4 is 22.7 Å². The van der Waals surface area contributed by atoms with E-state index >= 15 is 0 Å². The summed E-state index contributed by atoms with van der Waals surface area (Å²) in [6.07, 6.45) is 6.88. The van der Waals surface area contributed by atoms with Crippen LogP contribution in [0.4, 0.5) is 15.0 Å². The predicted octanol–water partition coefficient (Wildman–Crippen LogP) is 5.13. The van der Waals surface area contributed by atoms with Crippen molar-refractivity contribution in [1.82, 2.24) is 15.3 Å². The Morgan fingerprint density at radius 3 is 2.59 bits per heavy atom. The molecule has 6 nitrogen and oxygen atoms in total. The largest absolute Gasteiger partial charge is 0.446 e. The predicted molar refractivity (Wildman–Crippen MR) is 122 cm³/mol. The smallest absolute Gasteiger partial charge is 0.413 e. The number of benzene rings is 1. The zero-order valence-corrected chi connectivity index (χ0v) is 18.4. The number of carbonyl (C=O) groups is 1. The fourth-order valence-corrected chi connectivity index (χ4v) is 5.06. The number of carbonyl (C=O) groups excluding carboxylic acids is 1. The zero-order valence-electron chi connectivity index (χ0n) is 18.4. The van der Waals surface area contributed by atoms with Crippen LogP contribution in [0.15, 0.2) is 36.7 Å². The SMILES string of the molecule is Cc1cc(C)c(-c2cc3cc(NC(=O)OC4CC5(CCNCC5)C4)ncc3cc2F)cn1. The van der Waals surface area contributed by atoms with E-state index in [4.69, 9.17) is 4.74 Å². The van der Waals surface area contributed by atoms with Gasteiger partial charge in [0.05, 0.1) is 0 Å². The van der Waals surface area contributed by atoms with Crippen molar-refractivity contribution < 1.29 is 13.9 Å². The van der Waals surface area contributed by atoms with Gasteiger partial charge in [0, 0.05) is 34.6 Å². The standard InChI is InChI=1S/C25H27FN4O2/c1-15-7-16(2)28-14-21(15)20-8-17-10-23(29-13-18(17)9-22(20)26)30-24(31)32-19-11-25(12-19)3-5-27-6-4-25/h7-10,13-14,19,27H,3-6,11-12H2,1-2H3,(H,29,30,31). The number of rotatable bonds is 3. The normalized spacial score (nSPS) is 17.8. The third-order valence-electron chi connectivity index (χ3n) is 6.83. The van der Waals surface area contributed by atoms with E-state index in [0.717, 1.165) is 61.0 Å². The molecule has 1 spiro atoms. The van der Waals surface area contributed by atoms with Gasteiger partial charge in [-0.25, -0.2) is 14.2 Å². The van der Waals surface area contributed by atoms with Crippen LogP contribution in [0.5, 0.6) is 0 Å². The number of halogens is 1. The van der Waals surface area contributed by atoms with Gasteiger partial charge in [0.1, 0.15) is 17.7 Å². The molecule has 5 rings (SSSR count). The van der Waals surface area contributed by atoms with Gasteiger partial charge in [-0.1, -0.05) is 0 Å². The van der Waals surface area contributed by atoms with E-state index in [0.29, 0.717) is 22.2 Å². The maximum Gasteiger partial charge on any atom is 0.413 e. The summed E-state index contributed by atoms with van der Waals surface area (Å²) in [5, 5.41) is 7.55. The van der Waals surface area contributed by atoms with E-state index < -0.39 is 6.09 Å². The Balaban J connectivity index is 1.30. The highest BCUT2D eigenvalue weighted by atomic mass is 19.1. The quantitative estimate of drug-likeness (QED) is 0.597. The molecule has 2 aliphatic rings. The topological polar surface area (TPSA) is 76.1 Å². The van der Waals surface area contributed by atoms with Gasteiger partial charge in [0.2, 0.25) is 0 Å². The molecule has 1 aliphatic carbocycles. The molecule has 2 N–H and O–H groups in total. The first-order valence-electron chi connectivity index (χ1n) is 11.1. The van der Waals surface area contributed by atoms with Crippen LogP contribution in [0.1, 0.15) is 36.9 Å². The first-order chi connectivity index (χ1) is 15.4. The number of hydrogen-bond donors (Lipinski definition) is 2. The van der Waals surface area contributed by atoms with Gasteiger partial charge in [-0.15, -0.1) is 0 Å². The summed E-state index contributed by atoms with van der Waals surface area (Å²) >= 11 is 0. The Morgan fingerprint density at radius 1 is 1.06 bits per heavy atom. The van der Waals surface area contributed by atoms with E-state index in [2.05, 4.69) is 20.6 Å². The van der Waals surface area contributed by atoms with Crippen molar-refractivity contribution in [1.29, 1.82) is 0 Å². The molecule has 2 fully saturated rings. The second-order valence-electron chi connectivity index (χ2n) is 9.20. The first kappa shape index (κ1) is 20.8. The molecule has 166 valence electrons. The van der Waals surface area contributed by atoms with E-state index in [1.54, 1.807) is 24.5 Å². The van der Waals surface area contributed by atoms with Gasteiger partial charge in [-0.05, 0) is 93.3 Å². The fraction of sp³-hybridized carbons (Fsp3) is 0.400. The summed E-state index contributed by atoms with van der Waals surface area (Å²) in [6, 6.07) is 6.91. The molecule has 2 aromatic heterocycles. The highest BCUT2D eigenvalue weighted by molar-refractivity contribution is 5.92. The van der Waals surface area contributed by atoms with E-state index in [-0.39, 0.29) is 11.9 Å². The molecular formula is C25H27FN4O2. The minimum atomic E-state index is -0.494. The molecule has 1 aromatic carbocycles. The number of ether oxygens (including phenoxy) is 1. The van der Waals surface area contributed by atoms with Crippen LogP contribution in [0, 0.1) is 25.1 Å². The molecule has 3 aromatic rings. The highest BCUT2D eigenvalue weighted by Crippen LogP contribution is 2.49. The number of nitrogens with zero attached hydrogens (tertiary/aromatic N) is 2. The third-order valence-corrected chi connectivity index (χ3v) is 6.83. The lowest BCUT2D eigenvalue weighted by molar-refractivity contribution is -0.0539. The molecule has 1 saturated carbocycles. The Morgan fingerprint density at radius 2 is 1.84 bits per heavy atom. The second-order valence-corrected chi connectivity index (χ2v) is 9.20. The fourth-order valence-electron chi connectivity index (χ4n) is 5.06. The van der Waals surface area contributed by atoms with Gasteiger partial charge >= 0.3 is 6.09 Å². The van der Waals surface area contributed by atoms with E-state index in [9.17, 15) is 9.18 Å². The summed E-state index contributed by atoms with van der Waals surface area (Å²) in [4.78, 5) is 21.0. The van der Waals surface area contributed by atoms with Crippen molar-refractivity contribution in [2.24, 2.45) is 5.41 Å². The molecule has 0 atom stereocenters. The van der Waals surface area contributed by atoms with Crippen molar-refractivity contribution in [3.63, 3.8) is 0 Å². The van der Waals surface area contributed by atoms with Crippen LogP contribution >= 0.6 is 0 Å². The summed E-state index contributed by atoms with van der Waals surface area (Å²) < 4.78 is 20.4. The average molecular weight is 435 g/mol. The Bertz CT molecular complexity index is 1180. The number of aromatic nitrogens is 2. The minimum absolute atomic E-state index is 0.0359. The lowest BCUT2D eigenvalue weighted by Gasteiger charge is -2.49. The van der Waals surface area contributed by atoms with Gasteiger partial charge < -0.3 is 10.1 Å². The monoisotopic (exact) mass is 434 g/mol. The highest BCUT2D eigenvalue weighted by Gasteiger charge is 2.46. The van der Waals surface area contributed by atoms with Crippen LogP contribution in [0.25, 0.3) is 21.9 Å². The second kappa shape index (κ2) is 8.13. The molecule has 1 aliphatic heterocycles. The number of aryl methyl sites for hydroxylation is 2. The van der Waals surface area contributed by atoms with E-state index in [1.807, 2.05) is 19.9 Å². The Labute approximate surface area is 186 Å². The average Bonchev–Trinajstić information content (AvgIpc) is 2.73. The lowest BCUT2D eigenvalue weighted by Crippen LogP contribution is -2.49. The van der Waals surface area contributed by atoms with Crippen molar-refractivity contribution in [3.8, 4) is 11.1 Å². The summed E-state index contributed by atoms with van der Waals surface area (Å²) in [5.41, 5.74) is 3.42. The number of nitrogens with one attached hydrogen (secondary N) is 2. The molecular weight excluding hydrogens is 407 g/mol. The molecule has 0 bridgehead atoms. The van der Waals surface area contributed by atoms with Crippen LogP contribution in [0.3, 0.4) is 0 Å². The molecule has 0 unspecified atom stereocenters. The van der Waals surface area contributed by atoms with Gasteiger partial charge in [0.15, 0.2) is 0 Å². The summed E-state index contributed by atoms with van der Waals surface area (Å²) in [5.74, 6) is 0.0553. The maximum atomic E-state index is 14.8. The Hall–Kier alpha value is -3.06. The third kappa shape index (κ3) is 4.05. The number of hydrogen-bond acceptors (Lipinski definition) is 5. The number of piperidine rings is 1. The Kier molecular flexibility index (Phi) is 5.29. The number of amides is 1. The number of fused-ring (bicyclic) bond motifs is 1. The maximum absolute atomic E-state index is 14.8. The molecule has 1 saturated heterocycles. The number of pyridine rings is 2. The van der Waals surface area contributed by atoms with Crippen LogP contribution in [-0.2, 0) is 4.74 Å². The molecule has 0 radical (unpaired) electrons. The van der Waals surface area contributed by atoms with Crippen molar-refractivity contribution in [2.45, 2.75) is 45.6 Å².